The summed E-state index contributed by atoms with van der Waals surface area (Å²) in [5, 5.41) is 22.6. The van der Waals surface area contributed by atoms with Crippen molar-refractivity contribution in [2.24, 2.45) is 0 Å². The van der Waals surface area contributed by atoms with Gasteiger partial charge in [0, 0.05) is 19.4 Å². The molecule has 0 aliphatic heterocycles. The van der Waals surface area contributed by atoms with Crippen LogP contribution in [0.3, 0.4) is 0 Å². The topological polar surface area (TPSA) is 81.7 Å². The summed E-state index contributed by atoms with van der Waals surface area (Å²) in [5.41, 5.74) is 3.02. The van der Waals surface area contributed by atoms with E-state index < -0.39 is 0 Å². The molecule has 8 heteroatoms. The Morgan fingerprint density at radius 3 is 2.53 bits per heavy atom. The van der Waals surface area contributed by atoms with Crippen molar-refractivity contribution in [2.75, 3.05) is 0 Å². The highest BCUT2D eigenvalue weighted by Gasteiger charge is 2.21. The number of aliphatic hydroxyl groups is 1. The van der Waals surface area contributed by atoms with E-state index in [0.29, 0.717) is 23.4 Å². The largest absolute Gasteiger partial charge is 0.390 e. The molecule has 0 amide bonds. The lowest BCUT2D eigenvalue weighted by Crippen LogP contribution is -2.12. The van der Waals surface area contributed by atoms with Crippen molar-refractivity contribution in [1.82, 2.24) is 29.8 Å². The summed E-state index contributed by atoms with van der Waals surface area (Å²) in [6.07, 6.45) is 8.57. The molecule has 0 atom stereocenters. The second-order valence-corrected chi connectivity index (χ2v) is 8.44. The van der Waals surface area contributed by atoms with Gasteiger partial charge in [-0.3, -0.25) is 0 Å². The summed E-state index contributed by atoms with van der Waals surface area (Å²) < 4.78 is 4.07. The van der Waals surface area contributed by atoms with Crippen molar-refractivity contribution in [3.05, 3.63) is 57.9 Å². The van der Waals surface area contributed by atoms with Gasteiger partial charge in [0.2, 0.25) is 0 Å². The summed E-state index contributed by atoms with van der Waals surface area (Å²) in [4.78, 5) is 4.47. The van der Waals surface area contributed by atoms with Gasteiger partial charge in [-0.1, -0.05) is 62.1 Å². The van der Waals surface area contributed by atoms with Crippen LogP contribution in [0.25, 0.3) is 0 Å². The molecule has 160 valence electrons. The molecule has 0 spiro atoms. The summed E-state index contributed by atoms with van der Waals surface area (Å²) in [5.74, 6) is 1.87. The fourth-order valence-electron chi connectivity index (χ4n) is 4.26. The highest BCUT2D eigenvalue weighted by molar-refractivity contribution is 6.30. The van der Waals surface area contributed by atoms with E-state index in [-0.39, 0.29) is 6.61 Å². The molecular formula is C22H29ClN6O. The van der Waals surface area contributed by atoms with Crippen molar-refractivity contribution in [2.45, 2.75) is 77.5 Å². The zero-order chi connectivity index (χ0) is 20.9. The lowest BCUT2D eigenvalue weighted by molar-refractivity contribution is 0.271. The van der Waals surface area contributed by atoms with Gasteiger partial charge in [0.25, 0.3) is 0 Å². The number of imidazole rings is 1. The molecule has 0 saturated heterocycles. The fourth-order valence-corrected chi connectivity index (χ4v) is 4.52. The van der Waals surface area contributed by atoms with Gasteiger partial charge in [0.15, 0.2) is 11.0 Å². The molecule has 7 nitrogen and oxygen atoms in total. The molecule has 1 saturated carbocycles. The normalized spacial score (nSPS) is 14.6. The lowest BCUT2D eigenvalue weighted by atomic mass is 10.1. The number of hydrogen-bond acceptors (Lipinski definition) is 5. The van der Waals surface area contributed by atoms with E-state index >= 15 is 0 Å². The number of aryl methyl sites for hydroxylation is 1. The Hall–Kier alpha value is -2.25. The van der Waals surface area contributed by atoms with Crippen molar-refractivity contribution in [3.8, 4) is 0 Å². The van der Waals surface area contributed by atoms with E-state index in [1.165, 1.54) is 18.4 Å². The molecule has 1 aliphatic rings. The maximum atomic E-state index is 9.75. The zero-order valence-electron chi connectivity index (χ0n) is 17.5. The van der Waals surface area contributed by atoms with Crippen LogP contribution in [0.4, 0.5) is 0 Å². The lowest BCUT2D eigenvalue weighted by Gasteiger charge is -2.13. The molecule has 0 bridgehead atoms. The van der Waals surface area contributed by atoms with E-state index in [2.05, 4.69) is 51.7 Å². The molecule has 1 aliphatic carbocycles. The maximum absolute atomic E-state index is 9.75. The Morgan fingerprint density at radius 2 is 1.83 bits per heavy atom. The predicted molar refractivity (Wildman–Crippen MR) is 115 cm³/mol. The first-order chi connectivity index (χ1) is 14.7. The predicted octanol–water partition coefficient (Wildman–Crippen LogP) is 4.11. The number of halogens is 1. The second-order valence-electron chi connectivity index (χ2n) is 8.08. The molecular weight excluding hydrogens is 400 g/mol. The molecule has 3 aromatic rings. The van der Waals surface area contributed by atoms with Crippen LogP contribution in [0.1, 0.15) is 80.0 Å². The van der Waals surface area contributed by atoms with Gasteiger partial charge >= 0.3 is 0 Å². The average molecular weight is 429 g/mol. The summed E-state index contributed by atoms with van der Waals surface area (Å²) in [7, 11) is 0. The molecule has 0 unspecified atom stereocenters. The Bertz CT molecular complexity index is 959. The van der Waals surface area contributed by atoms with Crippen LogP contribution in [0.2, 0.25) is 5.15 Å². The van der Waals surface area contributed by atoms with Crippen molar-refractivity contribution >= 4 is 11.6 Å². The highest BCUT2D eigenvalue weighted by atomic mass is 35.5. The van der Waals surface area contributed by atoms with Gasteiger partial charge in [-0.15, -0.1) is 5.10 Å². The van der Waals surface area contributed by atoms with Gasteiger partial charge in [-0.05, 0) is 40.8 Å². The van der Waals surface area contributed by atoms with Gasteiger partial charge in [-0.2, -0.15) is 0 Å². The zero-order valence-corrected chi connectivity index (χ0v) is 18.2. The van der Waals surface area contributed by atoms with Crippen LogP contribution in [0.5, 0.6) is 0 Å². The Kier molecular flexibility index (Phi) is 6.79. The number of benzene rings is 1. The third-order valence-corrected chi connectivity index (χ3v) is 6.27. The Balaban J connectivity index is 1.48. The van der Waals surface area contributed by atoms with Crippen LogP contribution in [0, 0.1) is 0 Å². The molecule has 1 aromatic carbocycles. The van der Waals surface area contributed by atoms with Gasteiger partial charge in [0.05, 0.1) is 18.3 Å². The molecule has 0 radical (unpaired) electrons. The molecule has 30 heavy (non-hydrogen) atoms. The van der Waals surface area contributed by atoms with Crippen LogP contribution in [-0.2, 0) is 26.0 Å². The minimum atomic E-state index is -0.111. The first-order valence-corrected chi connectivity index (χ1v) is 11.3. The van der Waals surface area contributed by atoms with E-state index in [1.807, 2.05) is 9.25 Å². The number of unbranched alkanes of at least 4 members (excludes halogenated alkanes) is 1. The minimum absolute atomic E-state index is 0.111. The third kappa shape index (κ3) is 4.57. The van der Waals surface area contributed by atoms with Crippen LogP contribution in [0.15, 0.2) is 24.3 Å². The monoisotopic (exact) mass is 428 g/mol. The van der Waals surface area contributed by atoms with Gasteiger partial charge in [0.1, 0.15) is 5.82 Å². The SMILES string of the molecule is CCCCc1nc(Cl)c(CO)n1Cc1ccc(Cc2nnnn2C2CCCC2)cc1. The van der Waals surface area contributed by atoms with Crippen LogP contribution < -0.4 is 0 Å². The van der Waals surface area contributed by atoms with Gasteiger partial charge < -0.3 is 9.67 Å². The van der Waals surface area contributed by atoms with E-state index in [0.717, 1.165) is 55.7 Å². The first-order valence-electron chi connectivity index (χ1n) is 10.9. The van der Waals surface area contributed by atoms with Crippen LogP contribution >= 0.6 is 11.6 Å². The van der Waals surface area contributed by atoms with E-state index in [4.69, 9.17) is 11.6 Å². The van der Waals surface area contributed by atoms with Crippen LogP contribution in [-0.4, -0.2) is 34.9 Å². The molecule has 1 fully saturated rings. The quantitative estimate of drug-likeness (QED) is 0.554. The van der Waals surface area contributed by atoms with E-state index in [1.54, 1.807) is 0 Å². The fraction of sp³-hybridized carbons (Fsp3) is 0.545. The molecule has 4 rings (SSSR count). The number of hydrogen-bond donors (Lipinski definition) is 1. The number of nitrogens with zero attached hydrogens (tertiary/aromatic N) is 6. The Morgan fingerprint density at radius 1 is 1.10 bits per heavy atom. The molecule has 2 heterocycles. The maximum Gasteiger partial charge on any atom is 0.155 e. The molecule has 2 aromatic heterocycles. The summed E-state index contributed by atoms with van der Waals surface area (Å²) >= 11 is 6.26. The summed E-state index contributed by atoms with van der Waals surface area (Å²) in [6, 6.07) is 8.95. The standard InChI is InChI=1S/C22H29ClN6O/c1-2-3-8-20-24-22(23)19(15-30)28(20)14-17-11-9-16(10-12-17)13-21-25-26-27-29(21)18-6-4-5-7-18/h9-12,18,30H,2-8,13-15H2,1H3. The second kappa shape index (κ2) is 9.71. The third-order valence-electron chi connectivity index (χ3n) is 5.96. The molecule has 1 N–H and O–H groups in total. The van der Waals surface area contributed by atoms with Crippen molar-refractivity contribution in [1.29, 1.82) is 0 Å². The van der Waals surface area contributed by atoms with E-state index in [9.17, 15) is 5.11 Å². The van der Waals surface area contributed by atoms with Gasteiger partial charge in [-0.25, -0.2) is 9.67 Å². The Labute approximate surface area is 182 Å². The number of rotatable bonds is 9. The smallest absolute Gasteiger partial charge is 0.155 e. The number of tetrazole rings is 1. The average Bonchev–Trinajstić information content (AvgIpc) is 3.48. The first kappa shape index (κ1) is 21.0. The summed E-state index contributed by atoms with van der Waals surface area (Å²) in [6.45, 7) is 2.69. The highest BCUT2D eigenvalue weighted by Crippen LogP contribution is 2.29. The van der Waals surface area contributed by atoms with Crippen molar-refractivity contribution in [3.63, 3.8) is 0 Å². The number of aliphatic hydroxyl groups excluding tert-OH is 1. The minimum Gasteiger partial charge on any atom is -0.390 e. The van der Waals surface area contributed by atoms with Crippen molar-refractivity contribution < 1.29 is 5.11 Å². The number of aromatic nitrogens is 6.